The molecular formula is C22H27ClF2N4S. The number of halogens is 3. The van der Waals surface area contributed by atoms with Crippen LogP contribution in [0.3, 0.4) is 0 Å². The molecule has 2 aliphatic rings. The van der Waals surface area contributed by atoms with Gasteiger partial charge in [0.05, 0.1) is 10.6 Å². The van der Waals surface area contributed by atoms with Gasteiger partial charge in [-0.2, -0.15) is 4.39 Å². The van der Waals surface area contributed by atoms with E-state index in [0.717, 1.165) is 61.7 Å². The predicted molar refractivity (Wildman–Crippen MR) is 120 cm³/mol. The molecule has 2 aliphatic heterocycles. The number of piperidine rings is 1. The number of nitrogens with zero attached hydrogens (tertiary/aromatic N) is 3. The number of nitrogens with one attached hydrogen (secondary N) is 1. The molecule has 0 aliphatic carbocycles. The number of hydrogen-bond acceptors (Lipinski definition) is 5. The van der Waals surface area contributed by atoms with Crippen LogP contribution in [-0.4, -0.2) is 43.1 Å². The number of benzene rings is 1. The van der Waals surface area contributed by atoms with Crippen molar-refractivity contribution in [3.63, 3.8) is 0 Å². The Morgan fingerprint density at radius 3 is 2.60 bits per heavy atom. The summed E-state index contributed by atoms with van der Waals surface area (Å²) in [5.41, 5.74) is 1.57. The van der Waals surface area contributed by atoms with Crippen LogP contribution in [0.4, 0.5) is 20.3 Å². The molecule has 1 unspecified atom stereocenters. The molecule has 0 spiro atoms. The van der Waals surface area contributed by atoms with Gasteiger partial charge in [-0.1, -0.05) is 17.7 Å². The van der Waals surface area contributed by atoms with Crippen LogP contribution < -0.4 is 9.62 Å². The zero-order valence-electron chi connectivity index (χ0n) is 17.3. The van der Waals surface area contributed by atoms with Gasteiger partial charge in [-0.25, -0.2) is 9.37 Å². The number of rotatable bonds is 5. The first-order valence-electron chi connectivity index (χ1n) is 10.4. The Morgan fingerprint density at radius 2 is 1.87 bits per heavy atom. The van der Waals surface area contributed by atoms with Crippen LogP contribution in [0.25, 0.3) is 0 Å². The maximum atomic E-state index is 15.1. The molecule has 0 radical (unpaired) electrons. The van der Waals surface area contributed by atoms with E-state index in [2.05, 4.69) is 26.6 Å². The van der Waals surface area contributed by atoms with Crippen molar-refractivity contribution < 1.29 is 8.78 Å². The van der Waals surface area contributed by atoms with E-state index in [1.165, 1.54) is 18.9 Å². The molecule has 8 heteroatoms. The Bertz CT molecular complexity index is 905. The molecule has 0 bridgehead atoms. The van der Waals surface area contributed by atoms with E-state index in [1.54, 1.807) is 12.1 Å². The summed E-state index contributed by atoms with van der Waals surface area (Å²) in [5.74, 6) is 0.698. The molecule has 2 aromatic rings. The van der Waals surface area contributed by atoms with Crippen molar-refractivity contribution >= 4 is 35.1 Å². The highest BCUT2D eigenvalue weighted by atomic mass is 35.5. The van der Waals surface area contributed by atoms with E-state index in [-0.39, 0.29) is 5.02 Å². The normalized spacial score (nSPS) is 20.7. The number of likely N-dealkylation sites (tertiary alicyclic amines) is 1. The molecule has 1 atom stereocenters. The fourth-order valence-electron chi connectivity index (χ4n) is 4.53. The molecule has 1 aromatic carbocycles. The number of aryl methyl sites for hydroxylation is 1. The maximum absolute atomic E-state index is 15.1. The fourth-order valence-corrected chi connectivity index (χ4v) is 5.59. The monoisotopic (exact) mass is 452 g/mol. The van der Waals surface area contributed by atoms with Gasteiger partial charge < -0.3 is 14.5 Å². The largest absolute Gasteiger partial charge is 0.370 e. The fraction of sp³-hybridized carbons (Fsp3) is 0.500. The van der Waals surface area contributed by atoms with Crippen LogP contribution >= 0.6 is 23.5 Å². The summed E-state index contributed by atoms with van der Waals surface area (Å²) in [4.78, 5) is 8.77. The van der Waals surface area contributed by atoms with E-state index >= 15 is 4.39 Å². The Morgan fingerprint density at radius 1 is 1.13 bits per heavy atom. The van der Waals surface area contributed by atoms with E-state index in [4.69, 9.17) is 11.6 Å². The summed E-state index contributed by atoms with van der Waals surface area (Å²) in [6.07, 6.45) is 3.62. The minimum absolute atomic E-state index is 0.154. The summed E-state index contributed by atoms with van der Waals surface area (Å²) < 4.78 is 31.3. The molecule has 0 saturated carbocycles. The maximum Gasteiger partial charge on any atom is 0.214 e. The van der Waals surface area contributed by atoms with Gasteiger partial charge >= 0.3 is 0 Å². The highest BCUT2D eigenvalue weighted by molar-refractivity contribution is 8.00. The highest BCUT2D eigenvalue weighted by Crippen LogP contribution is 2.41. The van der Waals surface area contributed by atoms with Crippen molar-refractivity contribution in [3.05, 3.63) is 46.6 Å². The Labute approximate surface area is 186 Å². The van der Waals surface area contributed by atoms with Crippen LogP contribution in [0.15, 0.2) is 29.2 Å². The molecule has 3 heterocycles. The third-order valence-corrected chi connectivity index (χ3v) is 7.67. The summed E-state index contributed by atoms with van der Waals surface area (Å²) in [6, 6.07) is 6.42. The number of aromatic nitrogens is 1. The molecule has 2 saturated heterocycles. The number of anilines is 2. The second-order valence-corrected chi connectivity index (χ2v) is 9.55. The van der Waals surface area contributed by atoms with Crippen molar-refractivity contribution in [2.45, 2.75) is 31.1 Å². The van der Waals surface area contributed by atoms with Gasteiger partial charge in [0.15, 0.2) is 5.82 Å². The first-order valence-corrected chi connectivity index (χ1v) is 11.6. The van der Waals surface area contributed by atoms with Gasteiger partial charge in [0, 0.05) is 13.1 Å². The van der Waals surface area contributed by atoms with Crippen molar-refractivity contribution in [2.75, 3.05) is 42.8 Å². The lowest BCUT2D eigenvalue weighted by atomic mass is 9.84. The summed E-state index contributed by atoms with van der Waals surface area (Å²) in [6.45, 7) is 6.04. The first-order chi connectivity index (χ1) is 14.4. The minimum atomic E-state index is -0.584. The van der Waals surface area contributed by atoms with Gasteiger partial charge in [-0.15, -0.1) is 0 Å². The molecule has 4 rings (SSSR count). The summed E-state index contributed by atoms with van der Waals surface area (Å²) in [5, 5.41) is 0.154. The molecule has 1 aromatic heterocycles. The highest BCUT2D eigenvalue weighted by Gasteiger charge is 2.33. The SMILES string of the molecule is Cc1cc(N2CCC(C3CCN(C)CC3)C2)c(Cl)c(F)c1SNc1cccc(F)n1. The predicted octanol–water partition coefficient (Wildman–Crippen LogP) is 5.61. The van der Waals surface area contributed by atoms with E-state index in [9.17, 15) is 4.39 Å². The molecule has 1 N–H and O–H groups in total. The molecule has 0 amide bonds. The van der Waals surface area contributed by atoms with Crippen LogP contribution in [0.5, 0.6) is 0 Å². The first kappa shape index (κ1) is 21.7. The number of pyridine rings is 1. The molecule has 4 nitrogen and oxygen atoms in total. The third-order valence-electron chi connectivity index (χ3n) is 6.30. The molecule has 2 fully saturated rings. The molecule has 162 valence electrons. The second-order valence-electron chi connectivity index (χ2n) is 8.35. The van der Waals surface area contributed by atoms with Crippen molar-refractivity contribution in [2.24, 2.45) is 11.8 Å². The average molecular weight is 453 g/mol. The summed E-state index contributed by atoms with van der Waals surface area (Å²) >= 11 is 7.53. The average Bonchev–Trinajstić information content (AvgIpc) is 3.21. The Hall–Kier alpha value is -1.57. The van der Waals surface area contributed by atoms with Crippen LogP contribution in [-0.2, 0) is 0 Å². The minimum Gasteiger partial charge on any atom is -0.370 e. The van der Waals surface area contributed by atoms with Crippen molar-refractivity contribution in [1.82, 2.24) is 9.88 Å². The topological polar surface area (TPSA) is 31.4 Å². The van der Waals surface area contributed by atoms with Crippen LogP contribution in [0.2, 0.25) is 5.02 Å². The lowest BCUT2D eigenvalue weighted by Crippen LogP contribution is -2.34. The summed E-state index contributed by atoms with van der Waals surface area (Å²) in [7, 11) is 2.18. The van der Waals surface area contributed by atoms with Gasteiger partial charge in [0.25, 0.3) is 0 Å². The van der Waals surface area contributed by atoms with Crippen molar-refractivity contribution in [3.8, 4) is 0 Å². The van der Waals surface area contributed by atoms with Gasteiger partial charge in [0.1, 0.15) is 10.8 Å². The van der Waals surface area contributed by atoms with Gasteiger partial charge in [0.2, 0.25) is 5.95 Å². The van der Waals surface area contributed by atoms with Crippen LogP contribution in [0, 0.1) is 30.5 Å². The van der Waals surface area contributed by atoms with E-state index in [0.29, 0.717) is 16.6 Å². The quantitative estimate of drug-likeness (QED) is 0.470. The van der Waals surface area contributed by atoms with Gasteiger partial charge in [-0.05, 0) is 93.9 Å². The van der Waals surface area contributed by atoms with Crippen molar-refractivity contribution in [1.29, 1.82) is 0 Å². The standard InChI is InChI=1S/C22H27ClF2N4S/c1-14-12-17(29-11-8-16(13-29)15-6-9-28(2)10-7-15)20(23)21(25)22(14)30-27-19-5-3-4-18(24)26-19/h3-5,12,15-16H,6-11,13H2,1-2H3,(H,26,27). The molecular weight excluding hydrogens is 426 g/mol. The lowest BCUT2D eigenvalue weighted by Gasteiger charge is -2.32. The van der Waals surface area contributed by atoms with E-state index in [1.807, 2.05) is 13.0 Å². The number of hydrogen-bond donors (Lipinski definition) is 1. The third kappa shape index (κ3) is 4.68. The van der Waals surface area contributed by atoms with E-state index < -0.39 is 11.8 Å². The second kappa shape index (κ2) is 9.28. The zero-order valence-corrected chi connectivity index (χ0v) is 18.9. The van der Waals surface area contributed by atoms with Gasteiger partial charge in [-0.3, -0.25) is 0 Å². The smallest absolute Gasteiger partial charge is 0.214 e. The zero-order chi connectivity index (χ0) is 21.3. The Balaban J connectivity index is 1.46. The lowest BCUT2D eigenvalue weighted by molar-refractivity contribution is 0.178. The Kier molecular flexibility index (Phi) is 6.70. The van der Waals surface area contributed by atoms with Crippen LogP contribution in [0.1, 0.15) is 24.8 Å². The molecule has 30 heavy (non-hydrogen) atoms.